The van der Waals surface area contributed by atoms with Crippen molar-refractivity contribution in [3.05, 3.63) is 60.8 Å². The Morgan fingerprint density at radius 3 is 2.55 bits per heavy atom. The van der Waals surface area contributed by atoms with Crippen LogP contribution in [0.15, 0.2) is 55.0 Å². The summed E-state index contributed by atoms with van der Waals surface area (Å²) >= 11 is 0. The Kier molecular flexibility index (Phi) is 5.90. The second-order valence-corrected chi connectivity index (χ2v) is 7.35. The third-order valence-electron chi connectivity index (χ3n) is 4.97. The van der Waals surface area contributed by atoms with Gasteiger partial charge in [-0.2, -0.15) is 18.3 Å². The minimum absolute atomic E-state index is 0.0749. The number of ether oxygens (including phenoxy) is 1. The van der Waals surface area contributed by atoms with Gasteiger partial charge in [0.25, 0.3) is 0 Å². The van der Waals surface area contributed by atoms with Crippen molar-refractivity contribution in [1.29, 1.82) is 0 Å². The Balaban J connectivity index is 1.81. The molecule has 0 unspecified atom stereocenters. The third-order valence-corrected chi connectivity index (χ3v) is 4.97. The molecule has 0 radical (unpaired) electrons. The van der Waals surface area contributed by atoms with Gasteiger partial charge >= 0.3 is 6.18 Å². The lowest BCUT2D eigenvalue weighted by Gasteiger charge is -2.28. The van der Waals surface area contributed by atoms with Crippen molar-refractivity contribution in [3.8, 4) is 17.0 Å². The first-order valence-corrected chi connectivity index (χ1v) is 9.77. The van der Waals surface area contributed by atoms with Crippen LogP contribution in [0.5, 0.6) is 5.75 Å². The number of fused-ring (bicyclic) bond motifs is 1. The molecule has 2 heterocycles. The van der Waals surface area contributed by atoms with E-state index in [2.05, 4.69) is 15.1 Å². The van der Waals surface area contributed by atoms with E-state index in [1.807, 2.05) is 0 Å². The molecule has 11 heteroatoms. The average molecular weight is 461 g/mol. The number of alkyl halides is 3. The Labute approximate surface area is 185 Å². The molecule has 0 amide bonds. The smallest absolute Gasteiger partial charge is 0.416 e. The highest BCUT2D eigenvalue weighted by atomic mass is 19.4. The SMILES string of the molecule is COc1cc(F)cc(N(C[C@H](O)C(F)(F)F)c2ccc3ncc(-c4cnn(C)c4)nc3c2)c1. The normalized spacial score (nSPS) is 12.7. The molecule has 2 aromatic heterocycles. The Morgan fingerprint density at radius 2 is 1.88 bits per heavy atom. The van der Waals surface area contributed by atoms with Gasteiger partial charge in [-0.15, -0.1) is 0 Å². The molecule has 0 spiro atoms. The molecule has 0 saturated carbocycles. The second-order valence-electron chi connectivity index (χ2n) is 7.35. The van der Waals surface area contributed by atoms with Crippen LogP contribution in [-0.4, -0.2) is 50.8 Å². The van der Waals surface area contributed by atoms with Crippen LogP contribution in [0.4, 0.5) is 28.9 Å². The topological polar surface area (TPSA) is 76.3 Å². The van der Waals surface area contributed by atoms with Crippen LogP contribution in [0.25, 0.3) is 22.3 Å². The molecule has 0 aliphatic rings. The summed E-state index contributed by atoms with van der Waals surface area (Å²) in [5.41, 5.74) is 2.50. The molecule has 2 aromatic carbocycles. The summed E-state index contributed by atoms with van der Waals surface area (Å²) in [5.74, 6) is -0.578. The van der Waals surface area contributed by atoms with E-state index in [1.165, 1.54) is 25.3 Å². The van der Waals surface area contributed by atoms with Crippen molar-refractivity contribution < 1.29 is 27.4 Å². The van der Waals surface area contributed by atoms with Gasteiger partial charge in [-0.05, 0) is 24.3 Å². The molecule has 1 N–H and O–H groups in total. The zero-order chi connectivity index (χ0) is 23.8. The molecule has 7 nitrogen and oxygen atoms in total. The highest BCUT2D eigenvalue weighted by molar-refractivity contribution is 5.82. The van der Waals surface area contributed by atoms with E-state index < -0.39 is 24.6 Å². The van der Waals surface area contributed by atoms with Gasteiger partial charge < -0.3 is 14.7 Å². The minimum Gasteiger partial charge on any atom is -0.497 e. The average Bonchev–Trinajstić information content (AvgIpc) is 3.21. The Hall–Kier alpha value is -3.73. The van der Waals surface area contributed by atoms with Crippen LogP contribution in [0.2, 0.25) is 0 Å². The van der Waals surface area contributed by atoms with Crippen molar-refractivity contribution in [2.45, 2.75) is 12.3 Å². The number of rotatable bonds is 6. The van der Waals surface area contributed by atoms with Gasteiger partial charge in [0.05, 0.1) is 42.8 Å². The van der Waals surface area contributed by atoms with Crippen LogP contribution < -0.4 is 9.64 Å². The van der Waals surface area contributed by atoms with Crippen molar-refractivity contribution >= 4 is 22.4 Å². The number of aliphatic hydroxyl groups is 1. The van der Waals surface area contributed by atoms with Gasteiger partial charge in [-0.3, -0.25) is 9.67 Å². The van der Waals surface area contributed by atoms with E-state index in [4.69, 9.17) is 4.74 Å². The largest absolute Gasteiger partial charge is 0.497 e. The number of methoxy groups -OCH3 is 1. The first-order valence-electron chi connectivity index (χ1n) is 9.77. The summed E-state index contributed by atoms with van der Waals surface area (Å²) in [5, 5.41) is 13.9. The molecule has 4 rings (SSSR count). The lowest BCUT2D eigenvalue weighted by molar-refractivity contribution is -0.199. The van der Waals surface area contributed by atoms with Crippen LogP contribution in [0.3, 0.4) is 0 Å². The number of halogens is 4. The third kappa shape index (κ3) is 4.87. The van der Waals surface area contributed by atoms with Gasteiger partial charge in [-0.25, -0.2) is 9.37 Å². The first-order chi connectivity index (χ1) is 15.6. The van der Waals surface area contributed by atoms with Crippen LogP contribution in [0.1, 0.15) is 0 Å². The first kappa shape index (κ1) is 22.5. The maximum Gasteiger partial charge on any atom is 0.416 e. The molecule has 4 aromatic rings. The highest BCUT2D eigenvalue weighted by Crippen LogP contribution is 2.33. The second kappa shape index (κ2) is 8.66. The maximum atomic E-state index is 14.1. The van der Waals surface area contributed by atoms with Gasteiger partial charge in [0.15, 0.2) is 6.10 Å². The fourth-order valence-corrected chi connectivity index (χ4v) is 3.32. The van der Waals surface area contributed by atoms with E-state index in [9.17, 15) is 22.7 Å². The van der Waals surface area contributed by atoms with E-state index in [0.717, 1.165) is 22.6 Å². The van der Waals surface area contributed by atoms with Gasteiger partial charge in [-0.1, -0.05) is 0 Å². The molecule has 1 atom stereocenters. The van der Waals surface area contributed by atoms with E-state index in [1.54, 1.807) is 36.4 Å². The van der Waals surface area contributed by atoms with Crippen molar-refractivity contribution in [3.63, 3.8) is 0 Å². The predicted molar refractivity (Wildman–Crippen MR) is 114 cm³/mol. The molecule has 0 saturated heterocycles. The standard InChI is InChI=1S/C22H19F4N5O2/c1-30-11-13(9-28-30)20-10-27-18-4-3-15(8-19(18)29-20)31(12-21(32)22(24,25)26)16-5-14(23)6-17(7-16)33-2/h3-11,21,32H,12H2,1-2H3/t21-/m0/s1. The summed E-state index contributed by atoms with van der Waals surface area (Å²) in [6.45, 7) is -0.864. The van der Waals surface area contributed by atoms with Gasteiger partial charge in [0.1, 0.15) is 11.6 Å². The summed E-state index contributed by atoms with van der Waals surface area (Å²) in [6, 6.07) is 8.20. The summed E-state index contributed by atoms with van der Waals surface area (Å²) in [4.78, 5) is 10.1. The van der Waals surface area contributed by atoms with Gasteiger partial charge in [0, 0.05) is 42.3 Å². The summed E-state index contributed by atoms with van der Waals surface area (Å²) in [7, 11) is 3.08. The predicted octanol–water partition coefficient (Wildman–Crippen LogP) is 4.24. The Morgan fingerprint density at radius 1 is 1.09 bits per heavy atom. The fraction of sp³-hybridized carbons (Fsp3) is 0.227. The number of nitrogens with zero attached hydrogens (tertiary/aromatic N) is 5. The highest BCUT2D eigenvalue weighted by Gasteiger charge is 2.39. The zero-order valence-electron chi connectivity index (χ0n) is 17.6. The van der Waals surface area contributed by atoms with Crippen molar-refractivity contribution in [2.24, 2.45) is 7.05 Å². The molecule has 0 aliphatic heterocycles. The maximum absolute atomic E-state index is 14.1. The van der Waals surface area contributed by atoms with Crippen molar-refractivity contribution in [2.75, 3.05) is 18.6 Å². The number of aryl methyl sites for hydroxylation is 1. The van der Waals surface area contributed by atoms with Crippen molar-refractivity contribution in [1.82, 2.24) is 19.7 Å². The quantitative estimate of drug-likeness (QED) is 0.433. The number of aromatic nitrogens is 4. The number of hydrogen-bond acceptors (Lipinski definition) is 6. The Bertz CT molecular complexity index is 1290. The van der Waals surface area contributed by atoms with Crippen LogP contribution >= 0.6 is 0 Å². The molecule has 0 aliphatic carbocycles. The van der Waals surface area contributed by atoms with Crippen LogP contribution in [-0.2, 0) is 7.05 Å². The van der Waals surface area contributed by atoms with E-state index in [-0.39, 0.29) is 17.1 Å². The summed E-state index contributed by atoms with van der Waals surface area (Å²) in [6.07, 6.45) is -2.59. The molecular formula is C22H19F4N5O2. The number of benzene rings is 2. The van der Waals surface area contributed by atoms with Crippen LogP contribution in [0, 0.1) is 5.82 Å². The van der Waals surface area contributed by atoms with E-state index >= 15 is 0 Å². The zero-order valence-corrected chi connectivity index (χ0v) is 17.6. The van der Waals surface area contributed by atoms with E-state index in [0.29, 0.717) is 16.7 Å². The minimum atomic E-state index is -4.86. The monoisotopic (exact) mass is 461 g/mol. The number of anilines is 2. The number of aliphatic hydroxyl groups excluding tert-OH is 1. The van der Waals surface area contributed by atoms with Gasteiger partial charge in [0.2, 0.25) is 0 Å². The molecule has 0 fully saturated rings. The lowest BCUT2D eigenvalue weighted by atomic mass is 10.1. The number of hydrogen-bond donors (Lipinski definition) is 1. The lowest BCUT2D eigenvalue weighted by Crippen LogP contribution is -2.39. The summed E-state index contributed by atoms with van der Waals surface area (Å²) < 4.78 is 60.3. The molecular weight excluding hydrogens is 442 g/mol. The molecule has 33 heavy (non-hydrogen) atoms. The fourth-order valence-electron chi connectivity index (χ4n) is 3.32. The molecule has 172 valence electrons. The molecule has 0 bridgehead atoms.